The zero-order valence-electron chi connectivity index (χ0n) is 12.3. The Morgan fingerprint density at radius 1 is 0.909 bits per heavy atom. The molecule has 110 valence electrons. The molecule has 3 aromatic rings. The first-order valence-corrected chi connectivity index (χ1v) is 7.03. The van der Waals surface area contributed by atoms with Crippen LogP contribution in [-0.4, -0.2) is 4.98 Å². The number of hydrogen-bond donors (Lipinski definition) is 2. The van der Waals surface area contributed by atoms with Crippen LogP contribution in [0.4, 0.5) is 17.2 Å². The summed E-state index contributed by atoms with van der Waals surface area (Å²) < 4.78 is 5.76. The second kappa shape index (κ2) is 6.18. The van der Waals surface area contributed by atoms with Gasteiger partial charge in [0.1, 0.15) is 11.5 Å². The van der Waals surface area contributed by atoms with E-state index in [0.717, 1.165) is 22.7 Å². The van der Waals surface area contributed by atoms with Crippen molar-refractivity contribution in [1.82, 2.24) is 4.98 Å². The van der Waals surface area contributed by atoms with Gasteiger partial charge in [0.05, 0.1) is 5.69 Å². The van der Waals surface area contributed by atoms with Crippen molar-refractivity contribution in [3.8, 4) is 11.5 Å². The largest absolute Gasteiger partial charge is 0.457 e. The first kappa shape index (κ1) is 13.9. The van der Waals surface area contributed by atoms with Crippen LogP contribution in [0.15, 0.2) is 66.9 Å². The minimum atomic E-state index is 0.659. The fourth-order valence-electron chi connectivity index (χ4n) is 2.04. The van der Waals surface area contributed by atoms with Gasteiger partial charge in [0.2, 0.25) is 0 Å². The number of nitrogens with zero attached hydrogens (tertiary/aromatic N) is 1. The Labute approximate surface area is 129 Å². The molecule has 1 heterocycles. The highest BCUT2D eigenvalue weighted by Crippen LogP contribution is 2.26. The number of nitrogen functional groups attached to an aromatic ring is 1. The van der Waals surface area contributed by atoms with E-state index in [1.54, 1.807) is 6.20 Å². The lowest BCUT2D eigenvalue weighted by Crippen LogP contribution is -2.00. The molecular weight excluding hydrogens is 274 g/mol. The van der Waals surface area contributed by atoms with Crippen molar-refractivity contribution in [3.63, 3.8) is 0 Å². The van der Waals surface area contributed by atoms with Gasteiger partial charge < -0.3 is 15.8 Å². The average molecular weight is 291 g/mol. The van der Waals surface area contributed by atoms with Crippen LogP contribution in [-0.2, 0) is 0 Å². The summed E-state index contributed by atoms with van der Waals surface area (Å²) in [6.45, 7) is 1.96. The van der Waals surface area contributed by atoms with Gasteiger partial charge in [-0.05, 0) is 55.0 Å². The number of anilines is 3. The fraction of sp³-hybridized carbons (Fsp3) is 0.0556. The van der Waals surface area contributed by atoms with Gasteiger partial charge in [0.25, 0.3) is 0 Å². The molecule has 0 saturated heterocycles. The summed E-state index contributed by atoms with van der Waals surface area (Å²) in [6.07, 6.45) is 1.74. The van der Waals surface area contributed by atoms with Gasteiger partial charge >= 0.3 is 0 Å². The molecule has 0 unspecified atom stereocenters. The van der Waals surface area contributed by atoms with E-state index < -0.39 is 0 Å². The number of aromatic nitrogens is 1. The molecule has 22 heavy (non-hydrogen) atoms. The SMILES string of the molecule is Cc1ccnc(Nc2ccc(Oc3ccccc3)cc2)c1N. The van der Waals surface area contributed by atoms with Crippen LogP contribution in [0.5, 0.6) is 11.5 Å². The Balaban J connectivity index is 1.73. The molecule has 1 aromatic heterocycles. The average Bonchev–Trinajstić information content (AvgIpc) is 2.55. The van der Waals surface area contributed by atoms with Crippen LogP contribution >= 0.6 is 0 Å². The molecule has 4 nitrogen and oxygen atoms in total. The lowest BCUT2D eigenvalue weighted by Gasteiger charge is -2.11. The topological polar surface area (TPSA) is 60.2 Å². The summed E-state index contributed by atoms with van der Waals surface area (Å²) in [5.41, 5.74) is 8.58. The zero-order valence-corrected chi connectivity index (χ0v) is 12.3. The van der Waals surface area contributed by atoms with Gasteiger partial charge in [-0.2, -0.15) is 0 Å². The highest BCUT2D eigenvalue weighted by atomic mass is 16.5. The molecule has 0 aliphatic rings. The van der Waals surface area contributed by atoms with E-state index in [0.29, 0.717) is 11.5 Å². The van der Waals surface area contributed by atoms with E-state index >= 15 is 0 Å². The number of benzene rings is 2. The van der Waals surface area contributed by atoms with Crippen LogP contribution in [0, 0.1) is 6.92 Å². The summed E-state index contributed by atoms with van der Waals surface area (Å²) in [6, 6.07) is 19.2. The molecule has 3 N–H and O–H groups in total. The number of ether oxygens (including phenoxy) is 1. The predicted octanol–water partition coefficient (Wildman–Crippen LogP) is 4.51. The highest BCUT2D eigenvalue weighted by Gasteiger charge is 2.04. The molecule has 0 radical (unpaired) electrons. The number of aryl methyl sites for hydroxylation is 1. The maximum Gasteiger partial charge on any atom is 0.153 e. The molecule has 2 aromatic carbocycles. The Bertz CT molecular complexity index is 755. The van der Waals surface area contributed by atoms with Gasteiger partial charge in [0.15, 0.2) is 5.82 Å². The maximum absolute atomic E-state index is 6.01. The molecule has 0 fully saturated rings. The molecule has 4 heteroatoms. The molecule has 0 bridgehead atoms. The van der Waals surface area contributed by atoms with Gasteiger partial charge in [-0.15, -0.1) is 0 Å². The van der Waals surface area contributed by atoms with E-state index in [1.165, 1.54) is 0 Å². The van der Waals surface area contributed by atoms with Crippen molar-refractivity contribution in [3.05, 3.63) is 72.4 Å². The van der Waals surface area contributed by atoms with Gasteiger partial charge in [-0.3, -0.25) is 0 Å². The quantitative estimate of drug-likeness (QED) is 0.742. The van der Waals surface area contributed by atoms with Crippen LogP contribution in [0.2, 0.25) is 0 Å². The minimum Gasteiger partial charge on any atom is -0.457 e. The summed E-state index contributed by atoms with van der Waals surface area (Å²) in [7, 11) is 0. The second-order valence-corrected chi connectivity index (χ2v) is 4.95. The molecular formula is C18H17N3O. The molecule has 0 atom stereocenters. The Hall–Kier alpha value is -3.01. The molecule has 3 rings (SSSR count). The Morgan fingerprint density at radius 2 is 1.59 bits per heavy atom. The van der Waals surface area contributed by atoms with Crippen molar-refractivity contribution in [2.24, 2.45) is 0 Å². The van der Waals surface area contributed by atoms with Crippen molar-refractivity contribution in [2.45, 2.75) is 6.92 Å². The Morgan fingerprint density at radius 3 is 2.32 bits per heavy atom. The smallest absolute Gasteiger partial charge is 0.153 e. The summed E-state index contributed by atoms with van der Waals surface area (Å²) in [5, 5.41) is 3.21. The summed E-state index contributed by atoms with van der Waals surface area (Å²) >= 11 is 0. The molecule has 0 aliphatic carbocycles. The van der Waals surface area contributed by atoms with Gasteiger partial charge in [-0.25, -0.2) is 4.98 Å². The van der Waals surface area contributed by atoms with E-state index in [2.05, 4.69) is 10.3 Å². The van der Waals surface area contributed by atoms with Crippen LogP contribution in [0.25, 0.3) is 0 Å². The highest BCUT2D eigenvalue weighted by molar-refractivity contribution is 5.71. The standard InChI is InChI=1S/C18H17N3O/c1-13-11-12-20-18(17(13)19)21-14-7-9-16(10-8-14)22-15-5-3-2-4-6-15/h2-12H,19H2,1H3,(H,20,21). The number of hydrogen-bond acceptors (Lipinski definition) is 4. The molecule has 0 amide bonds. The number of para-hydroxylation sites is 1. The van der Waals surface area contributed by atoms with E-state index in [9.17, 15) is 0 Å². The first-order chi connectivity index (χ1) is 10.7. The summed E-state index contributed by atoms with van der Waals surface area (Å²) in [4.78, 5) is 4.26. The van der Waals surface area contributed by atoms with Crippen molar-refractivity contribution in [2.75, 3.05) is 11.1 Å². The lowest BCUT2D eigenvalue weighted by atomic mass is 10.2. The molecule has 0 saturated carbocycles. The zero-order chi connectivity index (χ0) is 15.4. The second-order valence-electron chi connectivity index (χ2n) is 4.95. The van der Waals surface area contributed by atoms with Gasteiger partial charge in [0, 0.05) is 11.9 Å². The normalized spacial score (nSPS) is 10.2. The third kappa shape index (κ3) is 3.17. The van der Waals surface area contributed by atoms with Crippen LogP contribution < -0.4 is 15.8 Å². The summed E-state index contributed by atoms with van der Waals surface area (Å²) in [5.74, 6) is 2.26. The third-order valence-corrected chi connectivity index (χ3v) is 3.30. The van der Waals surface area contributed by atoms with Crippen LogP contribution in [0.1, 0.15) is 5.56 Å². The predicted molar refractivity (Wildman–Crippen MR) is 89.6 cm³/mol. The van der Waals surface area contributed by atoms with E-state index in [-0.39, 0.29) is 0 Å². The number of nitrogens with one attached hydrogen (secondary N) is 1. The minimum absolute atomic E-state index is 0.659. The lowest BCUT2D eigenvalue weighted by molar-refractivity contribution is 0.483. The maximum atomic E-state index is 6.01. The van der Waals surface area contributed by atoms with Gasteiger partial charge in [-0.1, -0.05) is 18.2 Å². The van der Waals surface area contributed by atoms with E-state index in [1.807, 2.05) is 67.6 Å². The van der Waals surface area contributed by atoms with Crippen molar-refractivity contribution in [1.29, 1.82) is 0 Å². The monoisotopic (exact) mass is 291 g/mol. The van der Waals surface area contributed by atoms with Crippen molar-refractivity contribution >= 4 is 17.2 Å². The van der Waals surface area contributed by atoms with E-state index in [4.69, 9.17) is 10.5 Å². The first-order valence-electron chi connectivity index (χ1n) is 7.03. The fourth-order valence-corrected chi connectivity index (χ4v) is 2.04. The Kier molecular flexibility index (Phi) is 3.92. The molecule has 0 aliphatic heterocycles. The number of rotatable bonds is 4. The van der Waals surface area contributed by atoms with Crippen molar-refractivity contribution < 1.29 is 4.74 Å². The number of pyridine rings is 1. The molecule has 0 spiro atoms. The number of nitrogens with two attached hydrogens (primary N) is 1. The third-order valence-electron chi connectivity index (χ3n) is 3.30. The van der Waals surface area contributed by atoms with Crippen LogP contribution in [0.3, 0.4) is 0 Å².